The molecule has 6 fully saturated rings. The summed E-state index contributed by atoms with van der Waals surface area (Å²) in [6, 6.07) is -1.32. The number of hydrogen-bond acceptors (Lipinski definition) is 31. The Bertz CT molecular complexity index is 2830. The van der Waals surface area contributed by atoms with Crippen molar-refractivity contribution in [2.75, 3.05) is 68.5 Å². The molecule has 6 aliphatic rings. The number of aliphatic hydroxyl groups excluding tert-OH is 7. The van der Waals surface area contributed by atoms with E-state index in [9.17, 15) is 65.8 Å². The molecule has 31 heteroatoms. The third kappa shape index (κ3) is 22.4. The quantitative estimate of drug-likeness (QED) is 0.0301. The van der Waals surface area contributed by atoms with E-state index >= 15 is 0 Å². The van der Waals surface area contributed by atoms with Gasteiger partial charge in [-0.05, 0) is 142 Å². The van der Waals surface area contributed by atoms with E-state index in [0.717, 1.165) is 0 Å². The first-order valence-electron chi connectivity index (χ1n) is 39.6. The number of aliphatic hydroxyl groups is 11. The van der Waals surface area contributed by atoms with Crippen LogP contribution in [0.2, 0.25) is 0 Å². The number of nitrogens with zero attached hydrogens (tertiary/aromatic N) is 3. The largest absolute Gasteiger partial charge is 0.459 e. The van der Waals surface area contributed by atoms with Crippen LogP contribution in [-0.2, 0) is 80.7 Å². The van der Waals surface area contributed by atoms with Crippen molar-refractivity contribution in [2.24, 2.45) is 52.5 Å². The first-order chi connectivity index (χ1) is 50.6. The molecule has 6 heterocycles. The second kappa shape index (κ2) is 39.6. The summed E-state index contributed by atoms with van der Waals surface area (Å²) in [4.78, 5) is 39.2. The SMILES string of the molecule is CC[C@H]1OC(=O)[C@H](C)[C@@H](OC2CC(C)(OC)C(O)C(C)O2)[C@H](C)[C@@H](OC2OC(C)CC(N(C)CCN(C)C3CC(C)OC(O[C@@H]4[C@@H](C)[C@H](OC5CC(C)(OC)C(O)C(C)O5)[C@@H](C)C(=O)O[C@H](CC)[C@@](C)(O)[C@H](O)[C@@H](C)/C(=N/OCOCCOC)[C@H](C)C[C@]4(C)O)C3O)C2O)[C@@](C)(O)C[C@@H](C)[C@H](O)[C@H](C)[C@@H](O)[C@]1(C)O. The lowest BCUT2D eigenvalue weighted by Gasteiger charge is -2.50. The number of methoxy groups -OCH3 is 3. The van der Waals surface area contributed by atoms with Crippen LogP contribution in [0.15, 0.2) is 5.16 Å². The number of esters is 2. The van der Waals surface area contributed by atoms with Crippen molar-refractivity contribution in [1.29, 1.82) is 0 Å². The Labute approximate surface area is 647 Å². The number of carbonyl (C=O) groups is 2. The normalized spacial score (nSPS) is 48.5. The van der Waals surface area contributed by atoms with Gasteiger partial charge in [-0.3, -0.25) is 19.4 Å². The summed E-state index contributed by atoms with van der Waals surface area (Å²) >= 11 is 0. The first-order valence-corrected chi connectivity index (χ1v) is 39.6. The Kier molecular flexibility index (Phi) is 34.6. The van der Waals surface area contributed by atoms with Crippen molar-refractivity contribution in [3.63, 3.8) is 0 Å². The van der Waals surface area contributed by atoms with Gasteiger partial charge in [0.25, 0.3) is 0 Å². The zero-order chi connectivity index (χ0) is 82.3. The minimum atomic E-state index is -2.07. The zero-order valence-corrected chi connectivity index (χ0v) is 69.8. The topological polar surface area (TPSA) is 414 Å². The molecule has 11 N–H and O–H groups in total. The summed E-state index contributed by atoms with van der Waals surface area (Å²) in [6.07, 6.45) is -24.5. The first kappa shape index (κ1) is 95.3. The Morgan fingerprint density at radius 1 is 0.495 bits per heavy atom. The summed E-state index contributed by atoms with van der Waals surface area (Å²) in [5.74, 6) is -9.54. The van der Waals surface area contributed by atoms with Gasteiger partial charge < -0.3 is 127 Å². The molecule has 109 heavy (non-hydrogen) atoms. The van der Waals surface area contributed by atoms with E-state index in [1.165, 1.54) is 42.1 Å². The molecule has 0 radical (unpaired) electrons. The smallest absolute Gasteiger partial charge is 0.311 e. The molecular weight excluding hydrogens is 1430 g/mol. The summed E-state index contributed by atoms with van der Waals surface area (Å²) < 4.78 is 88.1. The Morgan fingerprint density at radius 2 is 0.899 bits per heavy atom. The average Bonchev–Trinajstić information content (AvgIpc) is 0.775. The van der Waals surface area contributed by atoms with Crippen molar-refractivity contribution < 1.29 is 137 Å². The van der Waals surface area contributed by atoms with Crippen molar-refractivity contribution in [1.82, 2.24) is 9.80 Å². The number of ether oxygens (including phenoxy) is 14. The fraction of sp³-hybridized carbons (Fsp3) is 0.962. The van der Waals surface area contributed by atoms with Gasteiger partial charge in [0.15, 0.2) is 25.2 Å². The molecule has 16 unspecified atom stereocenters. The molecular formula is C78H143N3O28. The number of cyclic esters (lactones) is 2. The van der Waals surface area contributed by atoms with E-state index in [4.69, 9.17) is 71.2 Å². The molecule has 0 aromatic heterocycles. The highest BCUT2D eigenvalue weighted by atomic mass is 16.8. The maximum Gasteiger partial charge on any atom is 0.311 e. The number of carbonyl (C=O) groups excluding carboxylic acids is 2. The summed E-state index contributed by atoms with van der Waals surface area (Å²) in [5, 5.41) is 139. The molecule has 0 aromatic carbocycles. The van der Waals surface area contributed by atoms with E-state index in [-0.39, 0.29) is 64.2 Å². The lowest BCUT2D eigenvalue weighted by atomic mass is 9.73. The number of oxime groups is 1. The number of hydrogen-bond donors (Lipinski definition) is 11. The molecule has 6 saturated heterocycles. The Balaban J connectivity index is 1.33. The molecule has 0 amide bonds. The highest BCUT2D eigenvalue weighted by Crippen LogP contribution is 2.45. The van der Waals surface area contributed by atoms with E-state index in [2.05, 4.69) is 5.16 Å². The van der Waals surface area contributed by atoms with Gasteiger partial charge in [-0.2, -0.15) is 0 Å². The number of rotatable bonds is 23. The van der Waals surface area contributed by atoms with Crippen LogP contribution >= 0.6 is 0 Å². The fourth-order valence-corrected chi connectivity index (χ4v) is 18.0. The zero-order valence-electron chi connectivity index (χ0n) is 69.8. The van der Waals surface area contributed by atoms with Crippen LogP contribution < -0.4 is 0 Å². The van der Waals surface area contributed by atoms with Crippen molar-refractivity contribution in [2.45, 2.75) is 364 Å². The lowest BCUT2D eigenvalue weighted by molar-refractivity contribution is -0.319. The molecule has 0 bridgehead atoms. The molecule has 6 rings (SSSR count). The van der Waals surface area contributed by atoms with E-state index < -0.39 is 234 Å². The summed E-state index contributed by atoms with van der Waals surface area (Å²) in [5.41, 5.74) is -10.1. The molecule has 638 valence electrons. The maximum absolute atomic E-state index is 14.9. The van der Waals surface area contributed by atoms with Crippen LogP contribution in [0.1, 0.15) is 190 Å². The monoisotopic (exact) mass is 1570 g/mol. The van der Waals surface area contributed by atoms with Crippen LogP contribution in [0.4, 0.5) is 0 Å². The highest BCUT2D eigenvalue weighted by molar-refractivity contribution is 5.89. The molecule has 0 aliphatic carbocycles. The van der Waals surface area contributed by atoms with Gasteiger partial charge in [-0.1, -0.05) is 60.5 Å². The molecule has 31 nitrogen and oxygen atoms in total. The van der Waals surface area contributed by atoms with Crippen molar-refractivity contribution >= 4 is 17.7 Å². The predicted molar refractivity (Wildman–Crippen MR) is 398 cm³/mol. The van der Waals surface area contributed by atoms with Gasteiger partial charge in [0.05, 0.1) is 120 Å². The van der Waals surface area contributed by atoms with Crippen LogP contribution in [0.5, 0.6) is 0 Å². The van der Waals surface area contributed by atoms with Gasteiger partial charge in [-0.15, -0.1) is 0 Å². The molecule has 6 aliphatic heterocycles. The van der Waals surface area contributed by atoms with Gasteiger partial charge in [-0.25, -0.2) is 0 Å². The van der Waals surface area contributed by atoms with Gasteiger partial charge in [0.2, 0.25) is 6.79 Å². The van der Waals surface area contributed by atoms with Gasteiger partial charge in [0.1, 0.15) is 47.8 Å². The second-order valence-corrected chi connectivity index (χ2v) is 34.5. The third-order valence-corrected chi connectivity index (χ3v) is 25.3. The van der Waals surface area contributed by atoms with E-state index in [1.807, 2.05) is 37.7 Å². The summed E-state index contributed by atoms with van der Waals surface area (Å²) in [6.45, 7) is 33.7. The molecule has 0 saturated carbocycles. The van der Waals surface area contributed by atoms with E-state index in [0.29, 0.717) is 25.9 Å². The highest BCUT2D eigenvalue weighted by Gasteiger charge is 2.57. The van der Waals surface area contributed by atoms with Crippen LogP contribution in [0, 0.1) is 47.3 Å². The van der Waals surface area contributed by atoms with Crippen molar-refractivity contribution in [3.8, 4) is 0 Å². The van der Waals surface area contributed by atoms with Crippen LogP contribution in [-0.4, -0.2) is 327 Å². The van der Waals surface area contributed by atoms with Gasteiger partial charge in [0, 0.05) is 88.9 Å². The van der Waals surface area contributed by atoms with Crippen LogP contribution in [0.25, 0.3) is 0 Å². The minimum Gasteiger partial charge on any atom is -0.459 e. The van der Waals surface area contributed by atoms with Crippen molar-refractivity contribution in [3.05, 3.63) is 0 Å². The fourth-order valence-electron chi connectivity index (χ4n) is 18.0. The minimum absolute atomic E-state index is 0.00173. The van der Waals surface area contributed by atoms with Crippen LogP contribution in [0.3, 0.4) is 0 Å². The molecule has 37 atom stereocenters. The second-order valence-electron chi connectivity index (χ2n) is 34.5. The summed E-state index contributed by atoms with van der Waals surface area (Å²) in [7, 11) is 8.14. The van der Waals surface area contributed by atoms with Gasteiger partial charge >= 0.3 is 11.9 Å². The Morgan fingerprint density at radius 3 is 1.29 bits per heavy atom. The maximum atomic E-state index is 14.9. The standard InChI is InChI=1S/C78H143N3O28/c1-26-53-77(19,93)63(85)43(7)57(79-99-38-98-31-30-95-23)39(3)34-73(15,91)67(45(9)61(47(11)69(89)104-53)106-55-36-75(17,96-24)65(87)49(13)102-55)108-71-59(83)51(32-41(5)100-71)80(21)28-29-81(22)52-33-42(6)101-72(60(52)84)109-68-46(10)62(107-56-37-76(18,97-25)66(88)50(14)103-56)48(12)70(90)105-54(27-2)78(20,94)64(86)44(8)58(82)40(4)35-74(68,16)92/h39-56,58-68,71-72,82-88,91-94H,26-38H2,1-25H3/b79-57+/t39-,40-,41?,42?,43+,44+,45+,46+,47-,48-,49?,50?,51?,52?,53-,54-,55?,56?,58+,59?,60?,61+,62+,63-,64-,65?,66?,67-,68-,71?,72?,73+,74+,75?,76?,77-,78-/m1/s1. The average molecular weight is 1570 g/mol. The number of likely N-dealkylation sites (N-methyl/N-ethyl adjacent to an activating group) is 2. The third-order valence-electron chi connectivity index (χ3n) is 25.3. The lowest BCUT2D eigenvalue weighted by Crippen LogP contribution is -2.62. The Hall–Kier alpha value is -2.59. The molecule has 0 spiro atoms. The molecule has 0 aromatic rings. The predicted octanol–water partition coefficient (Wildman–Crippen LogP) is 3.54. The van der Waals surface area contributed by atoms with E-state index in [1.54, 1.807) is 104 Å².